The standard InChI is InChI=1S/C22H27N5O4S/c1-22(2,3)20(28)31-25-12-10-24(11-13-25)9-8-16-15-32-21-23-18(14-26(16)21)17-6-4-5-7-19(17)27(29)30/h4-7,14-15H,8-13H2,1-3H3. The zero-order chi connectivity index (χ0) is 22.9. The van der Waals surface area contributed by atoms with Crippen LogP contribution in [-0.2, 0) is 16.1 Å². The molecule has 0 bridgehead atoms. The third-order valence-corrected chi connectivity index (χ3v) is 6.39. The van der Waals surface area contributed by atoms with Gasteiger partial charge >= 0.3 is 5.97 Å². The van der Waals surface area contributed by atoms with Crippen LogP contribution in [0.2, 0.25) is 0 Å². The summed E-state index contributed by atoms with van der Waals surface area (Å²) in [5.41, 5.74) is 1.82. The molecule has 3 aromatic rings. The highest BCUT2D eigenvalue weighted by Crippen LogP contribution is 2.30. The van der Waals surface area contributed by atoms with E-state index in [1.165, 1.54) is 17.4 Å². The van der Waals surface area contributed by atoms with Crippen LogP contribution < -0.4 is 0 Å². The number of hydrogen-bond acceptors (Lipinski definition) is 8. The van der Waals surface area contributed by atoms with Crippen LogP contribution in [-0.4, -0.2) is 63.0 Å². The molecule has 0 atom stereocenters. The normalized spacial score (nSPS) is 15.8. The number of piperazine rings is 1. The molecule has 10 heteroatoms. The van der Waals surface area contributed by atoms with E-state index < -0.39 is 5.41 Å². The van der Waals surface area contributed by atoms with Gasteiger partial charge < -0.3 is 9.74 Å². The van der Waals surface area contributed by atoms with E-state index in [9.17, 15) is 14.9 Å². The number of carbonyl (C=O) groups is 1. The Morgan fingerprint density at radius 2 is 1.94 bits per heavy atom. The molecule has 0 radical (unpaired) electrons. The van der Waals surface area contributed by atoms with Gasteiger partial charge in [0.25, 0.3) is 5.69 Å². The zero-order valence-electron chi connectivity index (χ0n) is 18.5. The minimum absolute atomic E-state index is 0.0600. The van der Waals surface area contributed by atoms with Crippen LogP contribution in [0.4, 0.5) is 5.69 Å². The number of para-hydroxylation sites is 1. The van der Waals surface area contributed by atoms with E-state index in [1.54, 1.807) is 23.3 Å². The largest absolute Gasteiger partial charge is 0.367 e. The Morgan fingerprint density at radius 3 is 2.62 bits per heavy atom. The smallest absolute Gasteiger partial charge is 0.330 e. The van der Waals surface area contributed by atoms with Crippen LogP contribution in [0.25, 0.3) is 16.2 Å². The van der Waals surface area contributed by atoms with Crippen LogP contribution in [0.1, 0.15) is 26.5 Å². The minimum atomic E-state index is -0.509. The number of rotatable bonds is 6. The van der Waals surface area contributed by atoms with Gasteiger partial charge in [0, 0.05) is 62.5 Å². The summed E-state index contributed by atoms with van der Waals surface area (Å²) in [6.07, 6.45) is 2.72. The number of benzene rings is 1. The molecular formula is C22H27N5O4S. The van der Waals surface area contributed by atoms with Gasteiger partial charge in [0.1, 0.15) is 0 Å². The Morgan fingerprint density at radius 1 is 1.22 bits per heavy atom. The highest BCUT2D eigenvalue weighted by molar-refractivity contribution is 7.15. The summed E-state index contributed by atoms with van der Waals surface area (Å²) in [5, 5.41) is 15.2. The molecule has 3 heterocycles. The predicted molar refractivity (Wildman–Crippen MR) is 122 cm³/mol. The molecule has 4 rings (SSSR count). The number of thiazole rings is 1. The molecule has 0 amide bonds. The van der Waals surface area contributed by atoms with E-state index in [4.69, 9.17) is 4.84 Å². The van der Waals surface area contributed by atoms with Gasteiger partial charge in [-0.05, 0) is 26.8 Å². The summed E-state index contributed by atoms with van der Waals surface area (Å²) in [7, 11) is 0. The Hall–Kier alpha value is -2.82. The lowest BCUT2D eigenvalue weighted by Crippen LogP contribution is -2.48. The van der Waals surface area contributed by atoms with Gasteiger partial charge in [-0.15, -0.1) is 16.4 Å². The van der Waals surface area contributed by atoms with Crippen LogP contribution >= 0.6 is 11.3 Å². The third kappa shape index (κ3) is 4.82. The van der Waals surface area contributed by atoms with E-state index in [0.29, 0.717) is 24.3 Å². The van der Waals surface area contributed by atoms with Crippen LogP contribution in [0.15, 0.2) is 35.8 Å². The quantitative estimate of drug-likeness (QED) is 0.412. The Labute approximate surface area is 190 Å². The third-order valence-electron chi connectivity index (χ3n) is 5.50. The molecule has 1 fully saturated rings. The number of aromatic nitrogens is 2. The van der Waals surface area contributed by atoms with E-state index >= 15 is 0 Å². The van der Waals surface area contributed by atoms with Crippen molar-refractivity contribution in [2.75, 3.05) is 32.7 Å². The molecule has 0 aliphatic carbocycles. The summed E-state index contributed by atoms with van der Waals surface area (Å²) in [6.45, 7) is 9.47. The van der Waals surface area contributed by atoms with Crippen molar-refractivity contribution >= 4 is 28.0 Å². The maximum absolute atomic E-state index is 12.1. The number of fused-ring (bicyclic) bond motifs is 1. The second-order valence-corrected chi connectivity index (χ2v) is 9.77. The van der Waals surface area contributed by atoms with Gasteiger partial charge in [0.15, 0.2) is 4.96 Å². The number of nitro benzene ring substituents is 1. The van der Waals surface area contributed by atoms with E-state index in [2.05, 4.69) is 15.3 Å². The minimum Gasteiger partial charge on any atom is -0.367 e. The molecule has 1 aliphatic heterocycles. The Kier molecular flexibility index (Phi) is 6.27. The maximum atomic E-state index is 12.1. The summed E-state index contributed by atoms with van der Waals surface area (Å²) >= 11 is 1.54. The lowest BCUT2D eigenvalue weighted by Gasteiger charge is -2.34. The second-order valence-electron chi connectivity index (χ2n) is 8.93. The molecule has 1 saturated heterocycles. The van der Waals surface area contributed by atoms with Crippen molar-refractivity contribution in [3.05, 3.63) is 51.7 Å². The summed E-state index contributed by atoms with van der Waals surface area (Å²) in [4.78, 5) is 36.3. The first-order valence-corrected chi connectivity index (χ1v) is 11.5. The first-order valence-electron chi connectivity index (χ1n) is 10.6. The predicted octanol–water partition coefficient (Wildman–Crippen LogP) is 3.64. The number of nitro groups is 1. The number of hydrogen-bond donors (Lipinski definition) is 0. The average Bonchev–Trinajstić information content (AvgIpc) is 3.34. The molecule has 0 spiro atoms. The highest BCUT2D eigenvalue weighted by atomic mass is 32.1. The second kappa shape index (κ2) is 8.97. The van der Waals surface area contributed by atoms with Crippen molar-refractivity contribution < 1.29 is 14.6 Å². The first kappa shape index (κ1) is 22.4. The molecule has 0 unspecified atom stereocenters. The van der Waals surface area contributed by atoms with E-state index in [0.717, 1.165) is 36.7 Å². The van der Waals surface area contributed by atoms with Crippen molar-refractivity contribution in [1.82, 2.24) is 19.3 Å². The molecule has 1 aliphatic rings. The lowest BCUT2D eigenvalue weighted by atomic mass is 9.98. The average molecular weight is 458 g/mol. The van der Waals surface area contributed by atoms with Gasteiger partial charge in [0.05, 0.1) is 21.6 Å². The molecule has 0 N–H and O–H groups in total. The fourth-order valence-electron chi connectivity index (χ4n) is 3.56. The van der Waals surface area contributed by atoms with E-state index in [1.807, 2.05) is 31.4 Å². The number of imidazole rings is 1. The fraction of sp³-hybridized carbons (Fsp3) is 0.455. The fourth-order valence-corrected chi connectivity index (χ4v) is 4.47. The molecule has 170 valence electrons. The molecule has 0 saturated carbocycles. The van der Waals surface area contributed by atoms with E-state index in [-0.39, 0.29) is 16.6 Å². The van der Waals surface area contributed by atoms with Crippen molar-refractivity contribution in [3.63, 3.8) is 0 Å². The Bertz CT molecular complexity index is 1120. The lowest BCUT2D eigenvalue weighted by molar-refractivity contribution is -0.384. The van der Waals surface area contributed by atoms with Crippen LogP contribution in [0, 0.1) is 15.5 Å². The van der Waals surface area contributed by atoms with Gasteiger partial charge in [-0.25, -0.2) is 9.78 Å². The molecule has 2 aromatic heterocycles. The molecule has 32 heavy (non-hydrogen) atoms. The molecule has 9 nitrogen and oxygen atoms in total. The summed E-state index contributed by atoms with van der Waals surface area (Å²) < 4.78 is 2.03. The van der Waals surface area contributed by atoms with Gasteiger partial charge in [-0.3, -0.25) is 14.5 Å². The summed E-state index contributed by atoms with van der Waals surface area (Å²) in [6, 6.07) is 6.68. The summed E-state index contributed by atoms with van der Waals surface area (Å²) in [5.74, 6) is -0.207. The van der Waals surface area contributed by atoms with Crippen molar-refractivity contribution in [3.8, 4) is 11.3 Å². The SMILES string of the molecule is CC(C)(C)C(=O)ON1CCN(CCc2csc3nc(-c4ccccc4[N+](=O)[O-])cn23)CC1. The number of hydroxylamine groups is 2. The van der Waals surface area contributed by atoms with Gasteiger partial charge in [-0.1, -0.05) is 12.1 Å². The number of carbonyl (C=O) groups excluding carboxylic acids is 1. The first-order chi connectivity index (χ1) is 15.2. The van der Waals surface area contributed by atoms with Crippen molar-refractivity contribution in [1.29, 1.82) is 0 Å². The zero-order valence-corrected chi connectivity index (χ0v) is 19.3. The maximum Gasteiger partial charge on any atom is 0.330 e. The Balaban J connectivity index is 1.37. The van der Waals surface area contributed by atoms with Gasteiger partial charge in [0.2, 0.25) is 0 Å². The topological polar surface area (TPSA) is 93.2 Å². The molecule has 1 aromatic carbocycles. The van der Waals surface area contributed by atoms with Crippen LogP contribution in [0.3, 0.4) is 0 Å². The number of nitrogens with zero attached hydrogens (tertiary/aromatic N) is 5. The van der Waals surface area contributed by atoms with Crippen molar-refractivity contribution in [2.45, 2.75) is 27.2 Å². The van der Waals surface area contributed by atoms with Crippen LogP contribution in [0.5, 0.6) is 0 Å². The molecular weight excluding hydrogens is 430 g/mol. The van der Waals surface area contributed by atoms with Gasteiger partial charge in [-0.2, -0.15) is 0 Å². The highest BCUT2D eigenvalue weighted by Gasteiger charge is 2.28. The monoisotopic (exact) mass is 457 g/mol. The van der Waals surface area contributed by atoms with Crippen molar-refractivity contribution in [2.24, 2.45) is 5.41 Å².